The summed E-state index contributed by atoms with van der Waals surface area (Å²) in [6.07, 6.45) is -0.206. The lowest BCUT2D eigenvalue weighted by Gasteiger charge is -2.33. The fourth-order valence-corrected chi connectivity index (χ4v) is 3.34. The standard InChI is InChI=1S/C16H28N2O3S/c1-10(2)14(20)16(5,6)9-17-13(19)7-8-18-11(3)12(4)22-15(18)21/h10,14,20H,7-9H2,1-6H3,(H,17,19). The van der Waals surface area contributed by atoms with Crippen molar-refractivity contribution in [2.45, 2.75) is 60.6 Å². The smallest absolute Gasteiger partial charge is 0.307 e. The Hall–Kier alpha value is -1.14. The third-order valence-corrected chi connectivity index (χ3v) is 5.11. The summed E-state index contributed by atoms with van der Waals surface area (Å²) in [7, 11) is 0. The summed E-state index contributed by atoms with van der Waals surface area (Å²) in [5.74, 6) is 0.0427. The summed E-state index contributed by atoms with van der Waals surface area (Å²) >= 11 is 1.21. The number of carbonyl (C=O) groups excluding carboxylic acids is 1. The molecular formula is C16H28N2O3S. The van der Waals surface area contributed by atoms with Crippen LogP contribution in [0.25, 0.3) is 0 Å². The van der Waals surface area contributed by atoms with Crippen LogP contribution >= 0.6 is 11.3 Å². The maximum atomic E-state index is 12.0. The molecule has 1 atom stereocenters. The van der Waals surface area contributed by atoms with E-state index in [1.165, 1.54) is 11.3 Å². The molecule has 1 aromatic rings. The van der Waals surface area contributed by atoms with E-state index >= 15 is 0 Å². The van der Waals surface area contributed by atoms with E-state index in [0.29, 0.717) is 13.1 Å². The van der Waals surface area contributed by atoms with Crippen LogP contribution in [0, 0.1) is 25.2 Å². The lowest BCUT2D eigenvalue weighted by Crippen LogP contribution is -2.43. The largest absolute Gasteiger partial charge is 0.392 e. The number of aliphatic hydroxyl groups excluding tert-OH is 1. The van der Waals surface area contributed by atoms with Gasteiger partial charge in [0.05, 0.1) is 6.10 Å². The Morgan fingerprint density at radius 3 is 2.41 bits per heavy atom. The topological polar surface area (TPSA) is 71.3 Å². The minimum Gasteiger partial charge on any atom is -0.392 e. The normalized spacial score (nSPS) is 13.5. The van der Waals surface area contributed by atoms with Gasteiger partial charge in [-0.2, -0.15) is 0 Å². The molecule has 1 aromatic heterocycles. The Morgan fingerprint density at radius 1 is 1.36 bits per heavy atom. The van der Waals surface area contributed by atoms with Crippen molar-refractivity contribution >= 4 is 17.2 Å². The molecule has 0 saturated carbocycles. The van der Waals surface area contributed by atoms with Gasteiger partial charge in [-0.25, -0.2) is 0 Å². The van der Waals surface area contributed by atoms with Crippen LogP contribution in [0.15, 0.2) is 4.79 Å². The molecule has 1 amide bonds. The molecule has 22 heavy (non-hydrogen) atoms. The van der Waals surface area contributed by atoms with Crippen molar-refractivity contribution in [2.24, 2.45) is 11.3 Å². The number of rotatable bonds is 7. The Balaban J connectivity index is 2.52. The SMILES string of the molecule is Cc1sc(=O)n(CCC(=O)NCC(C)(C)C(O)C(C)C)c1C. The van der Waals surface area contributed by atoms with Crippen LogP contribution in [-0.4, -0.2) is 28.2 Å². The number of thiazole rings is 1. The highest BCUT2D eigenvalue weighted by Gasteiger charge is 2.30. The average molecular weight is 328 g/mol. The van der Waals surface area contributed by atoms with Crippen LogP contribution in [0.1, 0.15) is 44.7 Å². The van der Waals surface area contributed by atoms with Crippen molar-refractivity contribution in [2.75, 3.05) is 6.54 Å². The quantitative estimate of drug-likeness (QED) is 0.805. The van der Waals surface area contributed by atoms with Crippen molar-refractivity contribution in [1.29, 1.82) is 0 Å². The fourth-order valence-electron chi connectivity index (χ4n) is 2.48. The molecule has 0 aliphatic rings. The van der Waals surface area contributed by atoms with Crippen LogP contribution in [0.5, 0.6) is 0 Å². The minimum atomic E-state index is -0.475. The van der Waals surface area contributed by atoms with E-state index in [4.69, 9.17) is 0 Å². The molecule has 0 aromatic carbocycles. The molecule has 0 saturated heterocycles. The van der Waals surface area contributed by atoms with Gasteiger partial charge in [0, 0.05) is 35.5 Å². The number of aliphatic hydroxyl groups is 1. The number of aryl methyl sites for hydroxylation is 1. The summed E-state index contributed by atoms with van der Waals surface area (Å²) in [6, 6.07) is 0. The van der Waals surface area contributed by atoms with Crippen LogP contribution in [0.3, 0.4) is 0 Å². The first-order valence-corrected chi connectivity index (χ1v) is 8.49. The Bertz CT molecular complexity index is 572. The summed E-state index contributed by atoms with van der Waals surface area (Å²) in [5.41, 5.74) is 0.550. The molecule has 0 aliphatic carbocycles. The van der Waals surface area contributed by atoms with E-state index in [1.54, 1.807) is 4.57 Å². The van der Waals surface area contributed by atoms with Gasteiger partial charge in [0.25, 0.3) is 0 Å². The van der Waals surface area contributed by atoms with Crippen LogP contribution in [0.4, 0.5) is 0 Å². The molecule has 2 N–H and O–H groups in total. The van der Waals surface area contributed by atoms with Crippen molar-refractivity contribution in [1.82, 2.24) is 9.88 Å². The number of amides is 1. The summed E-state index contributed by atoms with van der Waals surface area (Å²) in [4.78, 5) is 24.7. The number of hydrogen-bond acceptors (Lipinski definition) is 4. The van der Waals surface area contributed by atoms with Crippen LogP contribution < -0.4 is 10.2 Å². The molecule has 0 spiro atoms. The van der Waals surface area contributed by atoms with Gasteiger partial charge in [0.1, 0.15) is 0 Å². The first-order valence-electron chi connectivity index (χ1n) is 7.68. The molecular weight excluding hydrogens is 300 g/mol. The van der Waals surface area contributed by atoms with Crippen molar-refractivity contribution < 1.29 is 9.90 Å². The highest BCUT2D eigenvalue weighted by Crippen LogP contribution is 2.25. The van der Waals surface area contributed by atoms with Crippen molar-refractivity contribution in [3.05, 3.63) is 20.2 Å². The molecule has 6 heteroatoms. The molecule has 1 unspecified atom stereocenters. The second-order valence-electron chi connectivity index (χ2n) is 6.87. The van der Waals surface area contributed by atoms with Crippen LogP contribution in [-0.2, 0) is 11.3 Å². The van der Waals surface area contributed by atoms with Gasteiger partial charge < -0.3 is 15.0 Å². The molecule has 1 heterocycles. The first kappa shape index (κ1) is 18.9. The predicted octanol–water partition coefficient (Wildman–Crippen LogP) is 2.08. The lowest BCUT2D eigenvalue weighted by atomic mass is 9.80. The molecule has 5 nitrogen and oxygen atoms in total. The summed E-state index contributed by atoms with van der Waals surface area (Å²) in [5, 5.41) is 13.0. The summed E-state index contributed by atoms with van der Waals surface area (Å²) < 4.78 is 1.65. The maximum absolute atomic E-state index is 12.0. The number of aromatic nitrogens is 1. The number of nitrogens with one attached hydrogen (secondary N) is 1. The lowest BCUT2D eigenvalue weighted by molar-refractivity contribution is -0.122. The predicted molar refractivity (Wildman–Crippen MR) is 90.3 cm³/mol. The van der Waals surface area contributed by atoms with E-state index in [1.807, 2.05) is 41.5 Å². The van der Waals surface area contributed by atoms with Crippen molar-refractivity contribution in [3.63, 3.8) is 0 Å². The number of nitrogens with zero attached hydrogens (tertiary/aromatic N) is 1. The van der Waals surface area contributed by atoms with E-state index in [0.717, 1.165) is 10.6 Å². The Labute approximate surface area is 136 Å². The van der Waals surface area contributed by atoms with Crippen molar-refractivity contribution in [3.8, 4) is 0 Å². The van der Waals surface area contributed by atoms with Gasteiger partial charge in [-0.3, -0.25) is 9.59 Å². The zero-order valence-corrected chi connectivity index (χ0v) is 15.2. The molecule has 0 radical (unpaired) electrons. The minimum absolute atomic E-state index is 0.0154. The van der Waals surface area contributed by atoms with E-state index < -0.39 is 6.10 Å². The number of carbonyl (C=O) groups is 1. The maximum Gasteiger partial charge on any atom is 0.307 e. The van der Waals surface area contributed by atoms with Gasteiger partial charge in [0.2, 0.25) is 5.91 Å². The van der Waals surface area contributed by atoms with Gasteiger partial charge in [-0.15, -0.1) is 0 Å². The third-order valence-electron chi connectivity index (χ3n) is 4.11. The highest BCUT2D eigenvalue weighted by molar-refractivity contribution is 7.09. The molecule has 0 aliphatic heterocycles. The zero-order chi connectivity index (χ0) is 17.1. The molecule has 126 valence electrons. The zero-order valence-electron chi connectivity index (χ0n) is 14.4. The van der Waals surface area contributed by atoms with Gasteiger partial charge in [-0.1, -0.05) is 39.0 Å². The average Bonchev–Trinajstić information content (AvgIpc) is 2.67. The first-order chi connectivity index (χ1) is 10.1. The van der Waals surface area contributed by atoms with Gasteiger partial charge in [0.15, 0.2) is 0 Å². The van der Waals surface area contributed by atoms with Gasteiger partial charge >= 0.3 is 4.87 Å². The van der Waals surface area contributed by atoms with E-state index in [-0.39, 0.29) is 28.5 Å². The number of hydrogen-bond donors (Lipinski definition) is 2. The molecule has 0 fully saturated rings. The fraction of sp³-hybridized carbons (Fsp3) is 0.750. The second kappa shape index (κ2) is 7.42. The highest BCUT2D eigenvalue weighted by atomic mass is 32.1. The van der Waals surface area contributed by atoms with E-state index in [9.17, 15) is 14.7 Å². The third kappa shape index (κ3) is 4.68. The molecule has 0 bridgehead atoms. The van der Waals surface area contributed by atoms with Gasteiger partial charge in [-0.05, 0) is 19.8 Å². The second-order valence-corrected chi connectivity index (χ2v) is 8.03. The monoisotopic (exact) mass is 328 g/mol. The van der Waals surface area contributed by atoms with Crippen LogP contribution in [0.2, 0.25) is 0 Å². The Kier molecular flexibility index (Phi) is 6.38. The van der Waals surface area contributed by atoms with E-state index in [2.05, 4.69) is 5.32 Å². The summed E-state index contributed by atoms with van der Waals surface area (Å²) in [6.45, 7) is 12.4. The Morgan fingerprint density at radius 2 is 1.95 bits per heavy atom. The molecule has 1 rings (SSSR count).